The third kappa shape index (κ3) is 2.41. The zero-order valence-corrected chi connectivity index (χ0v) is 9.42. The van der Waals surface area contributed by atoms with E-state index in [0.29, 0.717) is 5.56 Å². The molecule has 2 aromatic heterocycles. The van der Waals surface area contributed by atoms with Gasteiger partial charge in [-0.1, -0.05) is 11.6 Å². The van der Waals surface area contributed by atoms with E-state index in [1.807, 2.05) is 0 Å². The molecule has 0 spiro atoms. The average molecular weight is 262 g/mol. The normalized spacial score (nSPS) is 11.8. The number of pyridine rings is 1. The number of hydrogen-bond acceptors (Lipinski definition) is 2. The third-order valence-electron chi connectivity index (χ3n) is 2.15. The van der Waals surface area contributed by atoms with Crippen LogP contribution in [0.5, 0.6) is 0 Å². The predicted molar refractivity (Wildman–Crippen MR) is 56.5 cm³/mol. The second kappa shape index (κ2) is 4.03. The molecule has 0 aliphatic heterocycles. The van der Waals surface area contributed by atoms with E-state index < -0.39 is 11.9 Å². The van der Waals surface area contributed by atoms with Gasteiger partial charge < -0.3 is 4.57 Å². The Kier molecular flexibility index (Phi) is 2.82. The van der Waals surface area contributed by atoms with Crippen molar-refractivity contribution in [1.29, 1.82) is 0 Å². The summed E-state index contributed by atoms with van der Waals surface area (Å²) in [6.07, 6.45) is -2.13. The molecule has 0 radical (unpaired) electrons. The van der Waals surface area contributed by atoms with Crippen molar-refractivity contribution in [3.63, 3.8) is 0 Å². The minimum atomic E-state index is -4.45. The van der Waals surface area contributed by atoms with Gasteiger partial charge in [0.2, 0.25) is 0 Å². The summed E-state index contributed by atoms with van der Waals surface area (Å²) in [5.74, 6) is 0.196. The first-order valence-electron chi connectivity index (χ1n) is 4.60. The largest absolute Gasteiger partial charge is 0.434 e. The van der Waals surface area contributed by atoms with E-state index in [4.69, 9.17) is 11.6 Å². The van der Waals surface area contributed by atoms with E-state index in [-0.39, 0.29) is 11.0 Å². The molecule has 0 amide bonds. The molecule has 7 heteroatoms. The van der Waals surface area contributed by atoms with Crippen molar-refractivity contribution in [3.05, 3.63) is 35.4 Å². The molecule has 0 unspecified atom stereocenters. The van der Waals surface area contributed by atoms with E-state index in [0.717, 1.165) is 6.20 Å². The summed E-state index contributed by atoms with van der Waals surface area (Å²) < 4.78 is 38.6. The highest BCUT2D eigenvalue weighted by molar-refractivity contribution is 6.29. The molecule has 0 aliphatic rings. The molecule has 2 rings (SSSR count). The Morgan fingerprint density at radius 3 is 2.47 bits per heavy atom. The number of rotatable bonds is 1. The minimum absolute atomic E-state index is 0.196. The van der Waals surface area contributed by atoms with Gasteiger partial charge in [0.1, 0.15) is 11.0 Å². The first-order chi connectivity index (χ1) is 7.88. The highest BCUT2D eigenvalue weighted by Gasteiger charge is 2.34. The highest BCUT2D eigenvalue weighted by atomic mass is 35.5. The Morgan fingerprint density at radius 1 is 1.29 bits per heavy atom. The first kappa shape index (κ1) is 11.9. The van der Waals surface area contributed by atoms with Crippen molar-refractivity contribution < 1.29 is 13.2 Å². The smallest absolute Gasteiger partial charge is 0.333 e. The van der Waals surface area contributed by atoms with Crippen LogP contribution >= 0.6 is 11.6 Å². The highest BCUT2D eigenvalue weighted by Crippen LogP contribution is 2.30. The molecule has 0 aliphatic carbocycles. The number of halogens is 4. The lowest BCUT2D eigenvalue weighted by Gasteiger charge is -2.00. The maximum absolute atomic E-state index is 12.4. The topological polar surface area (TPSA) is 30.7 Å². The molecule has 0 aromatic carbocycles. The van der Waals surface area contributed by atoms with Gasteiger partial charge in [-0.15, -0.1) is 0 Å². The second-order valence-electron chi connectivity index (χ2n) is 3.43. The molecule has 0 saturated heterocycles. The Morgan fingerprint density at radius 2 is 2.00 bits per heavy atom. The number of alkyl halides is 3. The standard InChI is InChI=1S/C10H7ClF3N3/c1-17-5-7(10(12,13)14)16-9(17)6-2-3-8(11)15-4-6/h2-5H,1H3. The fraction of sp³-hybridized carbons (Fsp3) is 0.200. The third-order valence-corrected chi connectivity index (χ3v) is 2.38. The fourth-order valence-corrected chi connectivity index (χ4v) is 1.49. The van der Waals surface area contributed by atoms with Crippen LogP contribution in [0.4, 0.5) is 13.2 Å². The van der Waals surface area contributed by atoms with Crippen molar-refractivity contribution in [2.24, 2.45) is 7.05 Å². The average Bonchev–Trinajstić information content (AvgIpc) is 2.61. The molecule has 0 N–H and O–H groups in total. The molecular formula is C10H7ClF3N3. The van der Waals surface area contributed by atoms with Crippen LogP contribution in [-0.2, 0) is 13.2 Å². The Balaban J connectivity index is 2.46. The monoisotopic (exact) mass is 261 g/mol. The lowest BCUT2D eigenvalue weighted by atomic mass is 10.3. The van der Waals surface area contributed by atoms with E-state index >= 15 is 0 Å². The van der Waals surface area contributed by atoms with Gasteiger partial charge >= 0.3 is 6.18 Å². The molecule has 0 fully saturated rings. The van der Waals surface area contributed by atoms with Gasteiger partial charge in [0.25, 0.3) is 0 Å². The summed E-state index contributed by atoms with van der Waals surface area (Å²) in [5, 5.41) is 0.277. The van der Waals surface area contributed by atoms with Crippen LogP contribution < -0.4 is 0 Å². The quantitative estimate of drug-likeness (QED) is 0.738. The lowest BCUT2D eigenvalue weighted by molar-refractivity contribution is -0.140. The van der Waals surface area contributed by atoms with E-state index in [9.17, 15) is 13.2 Å². The van der Waals surface area contributed by atoms with Crippen molar-refractivity contribution in [1.82, 2.24) is 14.5 Å². The maximum atomic E-state index is 12.4. The summed E-state index contributed by atoms with van der Waals surface area (Å²) in [7, 11) is 1.49. The SMILES string of the molecule is Cn1cc(C(F)(F)F)nc1-c1ccc(Cl)nc1. The minimum Gasteiger partial charge on any atom is -0.333 e. The summed E-state index contributed by atoms with van der Waals surface area (Å²) >= 11 is 5.60. The van der Waals surface area contributed by atoms with Crippen LogP contribution in [0, 0.1) is 0 Å². The zero-order valence-electron chi connectivity index (χ0n) is 8.66. The molecular weight excluding hydrogens is 255 g/mol. The Bertz CT molecular complexity index is 531. The van der Waals surface area contributed by atoms with Crippen LogP contribution in [0.1, 0.15) is 5.69 Å². The zero-order chi connectivity index (χ0) is 12.6. The van der Waals surface area contributed by atoms with Gasteiger partial charge in [-0.3, -0.25) is 0 Å². The molecule has 0 saturated carbocycles. The molecule has 2 aromatic rings. The molecule has 17 heavy (non-hydrogen) atoms. The van der Waals surface area contributed by atoms with E-state index in [2.05, 4.69) is 9.97 Å². The second-order valence-corrected chi connectivity index (χ2v) is 3.82. The molecule has 3 nitrogen and oxygen atoms in total. The molecule has 0 bridgehead atoms. The first-order valence-corrected chi connectivity index (χ1v) is 4.98. The Labute approximate surface area is 99.9 Å². The van der Waals surface area contributed by atoms with Crippen molar-refractivity contribution in [2.75, 3.05) is 0 Å². The van der Waals surface area contributed by atoms with Crippen LogP contribution in [-0.4, -0.2) is 14.5 Å². The summed E-state index contributed by atoms with van der Waals surface area (Å²) in [4.78, 5) is 7.33. The van der Waals surface area contributed by atoms with Gasteiger partial charge in [0.05, 0.1) is 0 Å². The van der Waals surface area contributed by atoms with Gasteiger partial charge in [-0.25, -0.2) is 9.97 Å². The molecule has 0 atom stereocenters. The van der Waals surface area contributed by atoms with Crippen molar-refractivity contribution >= 4 is 11.6 Å². The van der Waals surface area contributed by atoms with Crippen LogP contribution in [0.3, 0.4) is 0 Å². The van der Waals surface area contributed by atoms with Crippen LogP contribution in [0.2, 0.25) is 5.15 Å². The van der Waals surface area contributed by atoms with Crippen LogP contribution in [0.25, 0.3) is 11.4 Å². The summed E-state index contributed by atoms with van der Waals surface area (Å²) in [6, 6.07) is 3.07. The summed E-state index contributed by atoms with van der Waals surface area (Å²) in [5.41, 5.74) is -0.447. The number of nitrogens with zero attached hydrogens (tertiary/aromatic N) is 3. The van der Waals surface area contributed by atoms with Crippen molar-refractivity contribution in [3.8, 4) is 11.4 Å². The van der Waals surface area contributed by atoms with Gasteiger partial charge in [0, 0.05) is 25.0 Å². The predicted octanol–water partition coefficient (Wildman–Crippen LogP) is 3.15. The van der Waals surface area contributed by atoms with E-state index in [1.165, 1.54) is 23.9 Å². The number of aryl methyl sites for hydroxylation is 1. The summed E-state index contributed by atoms with van der Waals surface area (Å²) in [6.45, 7) is 0. The fourth-order valence-electron chi connectivity index (χ4n) is 1.38. The maximum Gasteiger partial charge on any atom is 0.434 e. The number of hydrogen-bond donors (Lipinski definition) is 0. The van der Waals surface area contributed by atoms with Gasteiger partial charge in [-0.2, -0.15) is 13.2 Å². The molecule has 2 heterocycles. The lowest BCUT2D eigenvalue weighted by Crippen LogP contribution is -2.04. The van der Waals surface area contributed by atoms with Gasteiger partial charge in [0.15, 0.2) is 5.69 Å². The molecule has 90 valence electrons. The number of imidazole rings is 1. The Hall–Kier alpha value is -1.56. The van der Waals surface area contributed by atoms with E-state index in [1.54, 1.807) is 6.07 Å². The van der Waals surface area contributed by atoms with Crippen LogP contribution in [0.15, 0.2) is 24.5 Å². The van der Waals surface area contributed by atoms with Crippen molar-refractivity contribution in [2.45, 2.75) is 6.18 Å². The number of aromatic nitrogens is 3. The van der Waals surface area contributed by atoms with Gasteiger partial charge in [-0.05, 0) is 12.1 Å².